The highest BCUT2D eigenvalue weighted by molar-refractivity contribution is 4.76. The number of rotatable bonds is 3. The maximum absolute atomic E-state index is 12.4. The third-order valence-corrected chi connectivity index (χ3v) is 1.09. The molecular weight excluding hydrogens is 171 g/mol. The Morgan fingerprint density at radius 1 is 1.09 bits per heavy atom. The van der Waals surface area contributed by atoms with Crippen molar-refractivity contribution in [3.05, 3.63) is 0 Å². The average Bonchev–Trinajstić information content (AvgIpc) is 1.56. The zero-order chi connectivity index (χ0) is 9.28. The first-order chi connectivity index (χ1) is 4.67. The summed E-state index contributed by atoms with van der Waals surface area (Å²) in [5.74, 6) is -7.56. The molecule has 0 saturated carbocycles. The van der Waals surface area contributed by atoms with Crippen LogP contribution in [0.3, 0.4) is 0 Å². The molecule has 1 nitrogen and oxygen atoms in total. The monoisotopic (exact) mass is 178 g/mol. The zero-order valence-electron chi connectivity index (χ0n) is 5.88. The minimum absolute atomic E-state index is 0.162. The van der Waals surface area contributed by atoms with Crippen molar-refractivity contribution in [2.24, 2.45) is 0 Å². The highest BCUT2D eigenvalue weighted by atomic mass is 19.3. The molecule has 1 unspecified atom stereocenters. The van der Waals surface area contributed by atoms with E-state index in [1.807, 2.05) is 0 Å². The summed E-state index contributed by atoms with van der Waals surface area (Å²) in [5, 5.41) is 0. The van der Waals surface area contributed by atoms with Gasteiger partial charge in [-0.1, -0.05) is 0 Å². The van der Waals surface area contributed by atoms with Crippen LogP contribution in [0, 0.1) is 0 Å². The molecule has 0 aliphatic carbocycles. The minimum Gasteiger partial charge on any atom is -0.280 e. The molecule has 0 rings (SSSR count). The Morgan fingerprint density at radius 3 is 1.55 bits per heavy atom. The quantitative estimate of drug-likeness (QED) is 0.603. The maximum atomic E-state index is 12.4. The predicted octanol–water partition coefficient (Wildman–Crippen LogP) is 2.57. The molecule has 1 atom stereocenters. The lowest BCUT2D eigenvalue weighted by atomic mass is 10.2. The van der Waals surface area contributed by atoms with Crippen molar-refractivity contribution >= 4 is 0 Å². The Morgan fingerprint density at radius 2 is 1.45 bits per heavy atom. The average molecular weight is 178 g/mol. The van der Waals surface area contributed by atoms with E-state index in [1.165, 1.54) is 0 Å². The molecule has 0 amide bonds. The summed E-state index contributed by atoms with van der Waals surface area (Å²) in [6.45, 7) is -3.13. The first kappa shape index (κ1) is 10.6. The molecule has 0 saturated heterocycles. The highest BCUT2D eigenvalue weighted by Gasteiger charge is 2.50. The van der Waals surface area contributed by atoms with Crippen LogP contribution in [0.1, 0.15) is 13.8 Å². The predicted molar refractivity (Wildman–Crippen MR) is 27.2 cm³/mol. The van der Waals surface area contributed by atoms with Crippen molar-refractivity contribution in [3.63, 3.8) is 0 Å². The fourth-order valence-electron chi connectivity index (χ4n) is 0.271. The molecule has 0 radical (unpaired) electrons. The van der Waals surface area contributed by atoms with Crippen molar-refractivity contribution in [3.8, 4) is 0 Å². The van der Waals surface area contributed by atoms with E-state index >= 15 is 0 Å². The molecule has 0 aliphatic heterocycles. The number of ether oxygens (including phenoxy) is 1. The van der Waals surface area contributed by atoms with Crippen LogP contribution >= 0.6 is 0 Å². The number of hydrogen-bond donors (Lipinski definition) is 0. The third kappa shape index (κ3) is 3.00. The standard InChI is InChI=1S/C5H7F5O/c1-4(8,9)5(2,10)11-3(6)7/h3H,1-2H3. The first-order valence-electron chi connectivity index (χ1n) is 2.69. The lowest BCUT2D eigenvalue weighted by Crippen LogP contribution is -2.42. The van der Waals surface area contributed by atoms with Crippen molar-refractivity contribution < 1.29 is 26.7 Å². The van der Waals surface area contributed by atoms with E-state index in [2.05, 4.69) is 4.74 Å². The van der Waals surface area contributed by atoms with Gasteiger partial charge in [-0.15, -0.1) is 0 Å². The van der Waals surface area contributed by atoms with Gasteiger partial charge in [-0.25, -0.2) is 13.2 Å². The van der Waals surface area contributed by atoms with E-state index in [0.717, 1.165) is 0 Å². The molecule has 6 heteroatoms. The van der Waals surface area contributed by atoms with Gasteiger partial charge in [0.05, 0.1) is 0 Å². The number of hydrogen-bond acceptors (Lipinski definition) is 1. The Hall–Kier alpha value is -0.390. The molecule has 0 spiro atoms. The van der Waals surface area contributed by atoms with Gasteiger partial charge >= 0.3 is 12.5 Å². The molecule has 68 valence electrons. The summed E-state index contributed by atoms with van der Waals surface area (Å²) in [4.78, 5) is 0. The zero-order valence-corrected chi connectivity index (χ0v) is 5.88. The summed E-state index contributed by atoms with van der Waals surface area (Å²) in [7, 11) is 0. The summed E-state index contributed by atoms with van der Waals surface area (Å²) >= 11 is 0. The second-order valence-electron chi connectivity index (χ2n) is 2.18. The van der Waals surface area contributed by atoms with E-state index < -0.39 is 18.4 Å². The van der Waals surface area contributed by atoms with E-state index in [9.17, 15) is 22.0 Å². The molecule has 11 heavy (non-hydrogen) atoms. The summed E-state index contributed by atoms with van der Waals surface area (Å²) in [5.41, 5.74) is 0. The van der Waals surface area contributed by atoms with Crippen LogP contribution in [0.2, 0.25) is 0 Å². The molecule has 0 bridgehead atoms. The largest absolute Gasteiger partial charge is 0.348 e. The summed E-state index contributed by atoms with van der Waals surface area (Å²) in [6.07, 6.45) is 0. The lowest BCUT2D eigenvalue weighted by molar-refractivity contribution is -0.323. The Bertz CT molecular complexity index is 127. The molecule has 0 fully saturated rings. The summed E-state index contributed by atoms with van der Waals surface area (Å²) < 4.78 is 62.0. The summed E-state index contributed by atoms with van der Waals surface area (Å²) in [6, 6.07) is 0. The van der Waals surface area contributed by atoms with Crippen molar-refractivity contribution in [2.75, 3.05) is 0 Å². The molecule has 0 aromatic rings. The van der Waals surface area contributed by atoms with Crippen molar-refractivity contribution in [1.82, 2.24) is 0 Å². The fraction of sp³-hybridized carbons (Fsp3) is 1.00. The molecule has 0 heterocycles. The third-order valence-electron chi connectivity index (χ3n) is 1.09. The van der Waals surface area contributed by atoms with Crippen LogP contribution in [-0.4, -0.2) is 18.4 Å². The maximum Gasteiger partial charge on any atom is 0.348 e. The van der Waals surface area contributed by atoms with Crippen LogP contribution in [0.4, 0.5) is 22.0 Å². The van der Waals surface area contributed by atoms with Gasteiger partial charge in [-0.2, -0.15) is 8.78 Å². The molecule has 0 aliphatic rings. The smallest absolute Gasteiger partial charge is 0.280 e. The molecule has 0 N–H and O–H groups in total. The van der Waals surface area contributed by atoms with Crippen LogP contribution < -0.4 is 0 Å². The first-order valence-corrected chi connectivity index (χ1v) is 2.69. The van der Waals surface area contributed by atoms with Gasteiger partial charge in [0, 0.05) is 13.8 Å². The molecule has 0 aromatic carbocycles. The van der Waals surface area contributed by atoms with Gasteiger partial charge in [0.2, 0.25) is 0 Å². The topological polar surface area (TPSA) is 9.23 Å². The highest BCUT2D eigenvalue weighted by Crippen LogP contribution is 2.33. The Labute approximate surface area is 60.1 Å². The van der Waals surface area contributed by atoms with Gasteiger partial charge in [-0.3, -0.25) is 4.74 Å². The van der Waals surface area contributed by atoms with Gasteiger partial charge < -0.3 is 0 Å². The Balaban J connectivity index is 4.22. The molecule has 0 aromatic heterocycles. The van der Waals surface area contributed by atoms with Gasteiger partial charge in [0.25, 0.3) is 5.85 Å². The number of alkyl halides is 5. The SMILES string of the molecule is CC(F)(F)C(C)(F)OC(F)F. The second kappa shape index (κ2) is 2.92. The lowest BCUT2D eigenvalue weighted by Gasteiger charge is -2.26. The van der Waals surface area contributed by atoms with Crippen LogP contribution in [-0.2, 0) is 4.74 Å². The normalized spacial score (nSPS) is 18.5. The number of halogens is 5. The van der Waals surface area contributed by atoms with E-state index in [-0.39, 0.29) is 13.8 Å². The van der Waals surface area contributed by atoms with Crippen molar-refractivity contribution in [2.45, 2.75) is 32.2 Å². The minimum atomic E-state index is -3.94. The van der Waals surface area contributed by atoms with Crippen LogP contribution in [0.5, 0.6) is 0 Å². The van der Waals surface area contributed by atoms with E-state index in [1.54, 1.807) is 0 Å². The van der Waals surface area contributed by atoms with Gasteiger partial charge in [0.15, 0.2) is 0 Å². The van der Waals surface area contributed by atoms with Crippen LogP contribution in [0.25, 0.3) is 0 Å². The van der Waals surface area contributed by atoms with E-state index in [4.69, 9.17) is 0 Å². The van der Waals surface area contributed by atoms with Gasteiger partial charge in [-0.05, 0) is 0 Å². The van der Waals surface area contributed by atoms with Crippen molar-refractivity contribution in [1.29, 1.82) is 0 Å². The second-order valence-corrected chi connectivity index (χ2v) is 2.18. The van der Waals surface area contributed by atoms with E-state index in [0.29, 0.717) is 0 Å². The van der Waals surface area contributed by atoms with Gasteiger partial charge in [0.1, 0.15) is 0 Å². The van der Waals surface area contributed by atoms with Crippen LogP contribution in [0.15, 0.2) is 0 Å². The fourth-order valence-corrected chi connectivity index (χ4v) is 0.271. The Kier molecular flexibility index (Phi) is 2.82. The molecular formula is C5H7F5O.